The number of aromatic nitrogens is 2. The zero-order valence-corrected chi connectivity index (χ0v) is 18.2. The predicted molar refractivity (Wildman–Crippen MR) is 123 cm³/mol. The summed E-state index contributed by atoms with van der Waals surface area (Å²) in [5, 5.41) is 10.2. The second kappa shape index (κ2) is 11.1. The Morgan fingerprint density at radius 1 is 1.22 bits per heavy atom. The van der Waals surface area contributed by atoms with Crippen molar-refractivity contribution in [1.29, 1.82) is 0 Å². The van der Waals surface area contributed by atoms with Gasteiger partial charge in [-0.15, -0.1) is 0 Å². The van der Waals surface area contributed by atoms with Crippen LogP contribution >= 0.6 is 11.9 Å². The zero-order chi connectivity index (χ0) is 22.9. The maximum atomic E-state index is 13.7. The summed E-state index contributed by atoms with van der Waals surface area (Å²) in [6.45, 7) is 6.25. The van der Waals surface area contributed by atoms with Crippen molar-refractivity contribution in [1.82, 2.24) is 25.4 Å². The molecule has 0 bridgehead atoms. The third-order valence-corrected chi connectivity index (χ3v) is 5.03. The molecular weight excluding hydrogens is 431 g/mol. The first-order valence-corrected chi connectivity index (χ1v) is 10.6. The minimum absolute atomic E-state index is 0.227. The number of halogens is 1. The van der Waals surface area contributed by atoms with Crippen molar-refractivity contribution < 1.29 is 14.0 Å². The van der Waals surface area contributed by atoms with Gasteiger partial charge in [0.05, 0.1) is 28.7 Å². The zero-order valence-electron chi connectivity index (χ0n) is 17.4. The fraction of sp³-hybridized carbons (Fsp3) is 0.136. The first-order chi connectivity index (χ1) is 15.5. The number of benzene rings is 2. The molecule has 3 rings (SSSR count). The summed E-state index contributed by atoms with van der Waals surface area (Å²) in [5.41, 5.74) is 5.35. The highest BCUT2D eigenvalue weighted by atomic mass is 32.2. The van der Waals surface area contributed by atoms with Crippen molar-refractivity contribution in [2.24, 2.45) is 0 Å². The fourth-order valence-corrected chi connectivity index (χ4v) is 3.34. The molecule has 2 aromatic carbocycles. The molecule has 8 nitrogen and oxygen atoms in total. The molecule has 1 heterocycles. The van der Waals surface area contributed by atoms with Crippen molar-refractivity contribution in [3.8, 4) is 5.69 Å². The highest BCUT2D eigenvalue weighted by molar-refractivity contribution is 7.97. The fourth-order valence-electron chi connectivity index (χ4n) is 2.77. The molecule has 0 aliphatic rings. The number of amides is 2. The number of aryl methyl sites for hydroxylation is 1. The van der Waals surface area contributed by atoms with Crippen molar-refractivity contribution >= 4 is 29.4 Å². The Balaban J connectivity index is 1.59. The molecule has 3 aromatic rings. The largest absolute Gasteiger partial charge is 0.381 e. The van der Waals surface area contributed by atoms with E-state index >= 15 is 0 Å². The molecule has 0 atom stereocenters. The molecule has 10 heteroatoms. The van der Waals surface area contributed by atoms with E-state index in [0.29, 0.717) is 29.2 Å². The Kier molecular flexibility index (Phi) is 8.01. The number of nitrogens with zero attached hydrogens (tertiary/aromatic N) is 2. The molecular formula is C22H23FN6O2S. The van der Waals surface area contributed by atoms with Gasteiger partial charge < -0.3 is 10.6 Å². The number of carbonyl (C=O) groups excluding carboxylic acids is 2. The Morgan fingerprint density at radius 3 is 2.81 bits per heavy atom. The summed E-state index contributed by atoms with van der Waals surface area (Å²) in [7, 11) is 0. The maximum Gasteiger partial charge on any atom is 0.266 e. The van der Waals surface area contributed by atoms with Crippen molar-refractivity contribution in [2.75, 3.05) is 18.4 Å². The lowest BCUT2D eigenvalue weighted by atomic mass is 10.1. The van der Waals surface area contributed by atoms with E-state index in [1.807, 2.05) is 13.0 Å². The average Bonchev–Trinajstić information content (AvgIpc) is 3.26. The molecule has 0 aliphatic carbocycles. The number of anilines is 1. The number of hydrogen-bond acceptors (Lipinski definition) is 6. The standard InChI is InChI=1S/C22H23FN6O2S/c1-3-21(30)25-9-8-24-17-13-26-29(14-17)18-11-15(2)10-16(12-18)22(31)27-28-32-20-7-5-4-6-19(20)23/h3-7,10-14,24,28H,1,8-9H2,2H3,(H,25,30)(H,27,31). The molecule has 0 spiro atoms. The van der Waals surface area contributed by atoms with E-state index in [0.717, 1.165) is 23.2 Å². The van der Waals surface area contributed by atoms with Crippen LogP contribution in [0.4, 0.5) is 10.1 Å². The smallest absolute Gasteiger partial charge is 0.266 e. The quantitative estimate of drug-likeness (QED) is 0.163. The minimum atomic E-state index is -0.372. The van der Waals surface area contributed by atoms with Gasteiger partial charge in [-0.2, -0.15) is 9.93 Å². The number of carbonyl (C=O) groups is 2. The third-order valence-electron chi connectivity index (χ3n) is 4.27. The molecule has 0 aliphatic heterocycles. The van der Waals surface area contributed by atoms with Crippen LogP contribution in [0, 0.1) is 12.7 Å². The predicted octanol–water partition coefficient (Wildman–Crippen LogP) is 2.98. The monoisotopic (exact) mass is 454 g/mol. The summed E-state index contributed by atoms with van der Waals surface area (Å²) in [5.74, 6) is -0.958. The molecule has 0 saturated heterocycles. The third kappa shape index (κ3) is 6.43. The van der Waals surface area contributed by atoms with E-state index in [1.165, 1.54) is 12.1 Å². The lowest BCUT2D eigenvalue weighted by Crippen LogP contribution is -2.32. The lowest BCUT2D eigenvalue weighted by Gasteiger charge is -2.10. The van der Waals surface area contributed by atoms with E-state index < -0.39 is 0 Å². The molecule has 2 amide bonds. The van der Waals surface area contributed by atoms with Crippen molar-refractivity contribution in [3.05, 3.63) is 84.5 Å². The Labute approximate surface area is 189 Å². The normalized spacial score (nSPS) is 10.4. The van der Waals surface area contributed by atoms with E-state index in [-0.39, 0.29) is 17.6 Å². The van der Waals surface area contributed by atoms with Crippen LogP contribution in [0.1, 0.15) is 15.9 Å². The summed E-state index contributed by atoms with van der Waals surface area (Å²) < 4.78 is 15.3. The van der Waals surface area contributed by atoms with Gasteiger partial charge in [0.2, 0.25) is 5.91 Å². The lowest BCUT2D eigenvalue weighted by molar-refractivity contribution is -0.116. The van der Waals surface area contributed by atoms with E-state index in [4.69, 9.17) is 0 Å². The Bertz CT molecular complexity index is 1120. The van der Waals surface area contributed by atoms with Gasteiger partial charge in [0.25, 0.3) is 5.91 Å². The van der Waals surface area contributed by atoms with Crippen LogP contribution in [-0.2, 0) is 4.79 Å². The average molecular weight is 455 g/mol. The molecule has 0 fully saturated rings. The summed E-state index contributed by atoms with van der Waals surface area (Å²) in [6, 6.07) is 11.6. The van der Waals surface area contributed by atoms with Gasteiger partial charge in [-0.1, -0.05) is 18.7 Å². The SMILES string of the molecule is C=CC(=O)NCCNc1cnn(-c2cc(C)cc(C(=O)NNSc3ccccc3F)c2)c1. The van der Waals surface area contributed by atoms with Crippen LogP contribution in [0.25, 0.3) is 5.69 Å². The van der Waals surface area contributed by atoms with Gasteiger partial charge in [0.15, 0.2) is 0 Å². The van der Waals surface area contributed by atoms with Crippen LogP contribution in [0.15, 0.2) is 72.4 Å². The van der Waals surface area contributed by atoms with Crippen LogP contribution in [0.2, 0.25) is 0 Å². The van der Waals surface area contributed by atoms with Gasteiger partial charge in [0.1, 0.15) is 5.82 Å². The molecule has 4 N–H and O–H groups in total. The molecule has 166 valence electrons. The van der Waals surface area contributed by atoms with Crippen LogP contribution in [-0.4, -0.2) is 34.7 Å². The minimum Gasteiger partial charge on any atom is -0.381 e. The molecule has 0 saturated carbocycles. The first kappa shape index (κ1) is 23.0. The highest BCUT2D eigenvalue weighted by Gasteiger charge is 2.10. The second-order valence-electron chi connectivity index (χ2n) is 6.74. The van der Waals surface area contributed by atoms with E-state index in [2.05, 4.69) is 32.6 Å². The number of hydrogen-bond donors (Lipinski definition) is 4. The number of hydrazine groups is 1. The molecule has 32 heavy (non-hydrogen) atoms. The van der Waals surface area contributed by atoms with Crippen LogP contribution in [0.5, 0.6) is 0 Å². The van der Waals surface area contributed by atoms with Crippen molar-refractivity contribution in [2.45, 2.75) is 11.8 Å². The highest BCUT2D eigenvalue weighted by Crippen LogP contribution is 2.18. The first-order valence-electron chi connectivity index (χ1n) is 9.74. The summed E-state index contributed by atoms with van der Waals surface area (Å²) >= 11 is 0.976. The van der Waals surface area contributed by atoms with Crippen molar-refractivity contribution in [3.63, 3.8) is 0 Å². The van der Waals surface area contributed by atoms with Gasteiger partial charge >= 0.3 is 0 Å². The van der Waals surface area contributed by atoms with E-state index in [9.17, 15) is 14.0 Å². The molecule has 1 aromatic heterocycles. The second-order valence-corrected chi connectivity index (χ2v) is 7.59. The number of nitrogens with one attached hydrogen (secondary N) is 4. The topological polar surface area (TPSA) is 100 Å². The van der Waals surface area contributed by atoms with E-state index in [1.54, 1.807) is 47.4 Å². The van der Waals surface area contributed by atoms with Crippen LogP contribution < -0.4 is 20.9 Å². The van der Waals surface area contributed by atoms with Gasteiger partial charge in [-0.3, -0.25) is 15.0 Å². The van der Waals surface area contributed by atoms with Gasteiger partial charge in [-0.25, -0.2) is 9.07 Å². The maximum absolute atomic E-state index is 13.7. The Hall–Kier alpha value is -3.63. The van der Waals surface area contributed by atoms with Gasteiger partial charge in [-0.05, 0) is 60.8 Å². The summed E-state index contributed by atoms with van der Waals surface area (Å²) in [4.78, 5) is 26.8. The molecule has 0 unspecified atom stereocenters. The molecule has 0 radical (unpaired) electrons. The van der Waals surface area contributed by atoms with Gasteiger partial charge in [0, 0.05) is 18.7 Å². The number of rotatable bonds is 10. The van der Waals surface area contributed by atoms with Crippen LogP contribution in [0.3, 0.4) is 0 Å². The summed E-state index contributed by atoms with van der Waals surface area (Å²) in [6.07, 6.45) is 4.67. The Morgan fingerprint density at radius 2 is 2.03 bits per heavy atom.